The molecule has 0 N–H and O–H groups in total. The molecule has 0 aliphatic carbocycles. The van der Waals surface area contributed by atoms with Crippen LogP contribution in [0, 0.1) is 13.8 Å². The number of aromatic nitrogens is 1. The zero-order valence-electron chi connectivity index (χ0n) is 15.6. The van der Waals surface area contributed by atoms with Crippen molar-refractivity contribution in [2.75, 3.05) is 14.2 Å². The van der Waals surface area contributed by atoms with Crippen LogP contribution in [0.4, 0.5) is 0 Å². The Labute approximate surface area is 156 Å². The first-order valence-electron chi connectivity index (χ1n) is 8.28. The van der Waals surface area contributed by atoms with Crippen molar-refractivity contribution in [2.45, 2.75) is 20.3 Å². The second kappa shape index (κ2) is 7.33. The molecule has 0 aliphatic heterocycles. The van der Waals surface area contributed by atoms with Crippen molar-refractivity contribution in [3.8, 4) is 11.5 Å². The Morgan fingerprint density at radius 2 is 1.81 bits per heavy atom. The molecule has 1 amide bonds. The first-order valence-corrected chi connectivity index (χ1v) is 9.10. The number of thiazole rings is 1. The van der Waals surface area contributed by atoms with E-state index in [4.69, 9.17) is 9.47 Å². The maximum Gasteiger partial charge on any atom is 0.252 e. The Bertz CT molecular complexity index is 1050. The number of hydrogen-bond acceptors (Lipinski definition) is 4. The summed E-state index contributed by atoms with van der Waals surface area (Å²) in [6, 6.07) is 9.91. The molecule has 1 heterocycles. The van der Waals surface area contributed by atoms with Crippen LogP contribution >= 0.6 is 11.3 Å². The molecule has 3 aromatic rings. The standard InChI is InChI=1S/C20H22N2O3S/c1-12-6-7-14(13(2)8-12)9-19(23)21-20-22(3)15-10-16(24-4)17(25-5)11-18(15)26-20/h6-8,10-11H,9H2,1-5H3. The average Bonchev–Trinajstić information content (AvgIpc) is 2.91. The number of amides is 1. The van der Waals surface area contributed by atoms with Gasteiger partial charge in [0.15, 0.2) is 16.3 Å². The molecule has 2 aromatic carbocycles. The van der Waals surface area contributed by atoms with Crippen LogP contribution in [0.15, 0.2) is 35.3 Å². The van der Waals surface area contributed by atoms with E-state index in [1.807, 2.05) is 49.7 Å². The van der Waals surface area contributed by atoms with Gasteiger partial charge in [0.2, 0.25) is 0 Å². The van der Waals surface area contributed by atoms with E-state index in [9.17, 15) is 4.79 Å². The van der Waals surface area contributed by atoms with E-state index in [-0.39, 0.29) is 5.91 Å². The number of hydrogen-bond donors (Lipinski definition) is 0. The summed E-state index contributed by atoms with van der Waals surface area (Å²) in [7, 11) is 5.11. The number of ether oxygens (including phenoxy) is 2. The number of carbonyl (C=O) groups excluding carboxylic acids is 1. The minimum atomic E-state index is -0.155. The number of nitrogens with zero attached hydrogens (tertiary/aromatic N) is 2. The van der Waals surface area contributed by atoms with E-state index in [1.54, 1.807) is 14.2 Å². The van der Waals surface area contributed by atoms with Gasteiger partial charge in [0.1, 0.15) is 0 Å². The molecule has 136 valence electrons. The highest BCUT2D eigenvalue weighted by Gasteiger charge is 2.12. The number of fused-ring (bicyclic) bond motifs is 1. The average molecular weight is 370 g/mol. The van der Waals surface area contributed by atoms with Crippen molar-refractivity contribution in [3.05, 3.63) is 51.8 Å². The predicted octanol–water partition coefficient (Wildman–Crippen LogP) is 3.54. The summed E-state index contributed by atoms with van der Waals surface area (Å²) in [6.45, 7) is 4.07. The second-order valence-corrected chi connectivity index (χ2v) is 7.24. The molecule has 0 radical (unpaired) electrons. The van der Waals surface area contributed by atoms with Crippen molar-refractivity contribution < 1.29 is 14.3 Å². The van der Waals surface area contributed by atoms with Crippen molar-refractivity contribution in [2.24, 2.45) is 12.0 Å². The van der Waals surface area contributed by atoms with Gasteiger partial charge in [-0.05, 0) is 25.0 Å². The topological polar surface area (TPSA) is 52.8 Å². The molecule has 0 bridgehead atoms. The Hall–Kier alpha value is -2.60. The lowest BCUT2D eigenvalue weighted by Gasteiger charge is -2.07. The fourth-order valence-corrected chi connectivity index (χ4v) is 3.96. The van der Waals surface area contributed by atoms with Crippen LogP contribution in [0.25, 0.3) is 10.2 Å². The minimum Gasteiger partial charge on any atom is -0.493 e. The molecular weight excluding hydrogens is 348 g/mol. The van der Waals surface area contributed by atoms with Crippen LogP contribution < -0.4 is 14.3 Å². The fourth-order valence-electron chi connectivity index (χ4n) is 2.91. The van der Waals surface area contributed by atoms with Crippen molar-refractivity contribution in [3.63, 3.8) is 0 Å². The number of carbonyl (C=O) groups is 1. The molecule has 0 fully saturated rings. The van der Waals surface area contributed by atoms with Crippen molar-refractivity contribution in [1.29, 1.82) is 0 Å². The van der Waals surface area contributed by atoms with E-state index in [2.05, 4.69) is 11.1 Å². The summed E-state index contributed by atoms with van der Waals surface area (Å²) < 4.78 is 13.6. The number of methoxy groups -OCH3 is 2. The van der Waals surface area contributed by atoms with E-state index >= 15 is 0 Å². The maximum atomic E-state index is 12.5. The number of rotatable bonds is 4. The van der Waals surface area contributed by atoms with Crippen LogP contribution in [-0.2, 0) is 18.3 Å². The van der Waals surface area contributed by atoms with Crippen LogP contribution in [-0.4, -0.2) is 24.7 Å². The van der Waals surface area contributed by atoms with E-state index in [0.717, 1.165) is 21.3 Å². The molecule has 1 aromatic heterocycles. The summed E-state index contributed by atoms with van der Waals surface area (Å²) in [4.78, 5) is 17.5. The van der Waals surface area contributed by atoms with E-state index < -0.39 is 0 Å². The smallest absolute Gasteiger partial charge is 0.252 e. The third-order valence-corrected chi connectivity index (χ3v) is 5.47. The second-order valence-electron chi connectivity index (χ2n) is 6.23. The molecule has 6 heteroatoms. The zero-order valence-corrected chi connectivity index (χ0v) is 16.4. The molecule has 3 rings (SSSR count). The molecule has 5 nitrogen and oxygen atoms in total. The van der Waals surface area contributed by atoms with Gasteiger partial charge < -0.3 is 14.0 Å². The summed E-state index contributed by atoms with van der Waals surface area (Å²) in [5.41, 5.74) is 4.26. The lowest BCUT2D eigenvalue weighted by atomic mass is 10.0. The zero-order chi connectivity index (χ0) is 18.8. The molecule has 0 aliphatic rings. The quantitative estimate of drug-likeness (QED) is 0.706. The van der Waals surface area contributed by atoms with Gasteiger partial charge in [-0.1, -0.05) is 35.1 Å². The van der Waals surface area contributed by atoms with Gasteiger partial charge in [0.05, 0.1) is 30.9 Å². The molecule has 0 spiro atoms. The monoisotopic (exact) mass is 370 g/mol. The van der Waals surface area contributed by atoms with Crippen LogP contribution in [0.1, 0.15) is 16.7 Å². The lowest BCUT2D eigenvalue weighted by molar-refractivity contribution is -0.117. The first-order chi connectivity index (χ1) is 12.4. The highest BCUT2D eigenvalue weighted by molar-refractivity contribution is 7.16. The first kappa shape index (κ1) is 18.2. The Balaban J connectivity index is 1.98. The van der Waals surface area contributed by atoms with Crippen LogP contribution in [0.5, 0.6) is 11.5 Å². The van der Waals surface area contributed by atoms with Crippen LogP contribution in [0.2, 0.25) is 0 Å². The van der Waals surface area contributed by atoms with Gasteiger partial charge in [-0.15, -0.1) is 0 Å². The highest BCUT2D eigenvalue weighted by Crippen LogP contribution is 2.33. The third-order valence-electron chi connectivity index (χ3n) is 4.37. The van der Waals surface area contributed by atoms with Gasteiger partial charge in [0.25, 0.3) is 5.91 Å². The van der Waals surface area contributed by atoms with Gasteiger partial charge in [-0.25, -0.2) is 0 Å². The van der Waals surface area contributed by atoms with E-state index in [0.29, 0.717) is 22.7 Å². The normalized spacial score (nSPS) is 11.8. The minimum absolute atomic E-state index is 0.155. The lowest BCUT2D eigenvalue weighted by Crippen LogP contribution is -2.14. The Morgan fingerprint density at radius 3 is 2.46 bits per heavy atom. The van der Waals surface area contributed by atoms with Gasteiger partial charge >= 0.3 is 0 Å². The van der Waals surface area contributed by atoms with Crippen LogP contribution in [0.3, 0.4) is 0 Å². The molecule has 0 saturated carbocycles. The van der Waals surface area contributed by atoms with Gasteiger partial charge in [-0.3, -0.25) is 4.79 Å². The number of aryl methyl sites for hydroxylation is 3. The maximum absolute atomic E-state index is 12.5. The molecule has 0 saturated heterocycles. The summed E-state index contributed by atoms with van der Waals surface area (Å²) in [5.74, 6) is 1.16. The summed E-state index contributed by atoms with van der Waals surface area (Å²) >= 11 is 1.46. The molecule has 0 unspecified atom stereocenters. The third kappa shape index (κ3) is 3.51. The molecule has 26 heavy (non-hydrogen) atoms. The number of benzene rings is 2. The van der Waals surface area contributed by atoms with Crippen molar-refractivity contribution >= 4 is 27.5 Å². The van der Waals surface area contributed by atoms with Gasteiger partial charge in [0, 0.05) is 19.2 Å². The van der Waals surface area contributed by atoms with E-state index in [1.165, 1.54) is 16.9 Å². The SMILES string of the molecule is COc1cc2sc(=NC(=O)Cc3ccc(C)cc3C)n(C)c2cc1OC. The van der Waals surface area contributed by atoms with Crippen molar-refractivity contribution in [1.82, 2.24) is 4.57 Å². The Kier molecular flexibility index (Phi) is 5.13. The predicted molar refractivity (Wildman–Crippen MR) is 104 cm³/mol. The van der Waals surface area contributed by atoms with Gasteiger partial charge in [-0.2, -0.15) is 4.99 Å². The summed E-state index contributed by atoms with van der Waals surface area (Å²) in [5, 5.41) is 0. The fraction of sp³-hybridized carbons (Fsp3) is 0.300. The molecule has 0 atom stereocenters. The largest absolute Gasteiger partial charge is 0.493 e. The molecular formula is C20H22N2O3S. The highest BCUT2D eigenvalue weighted by atomic mass is 32.1. The Morgan fingerprint density at radius 1 is 1.12 bits per heavy atom. The summed E-state index contributed by atoms with van der Waals surface area (Å²) in [6.07, 6.45) is 0.299.